The van der Waals surface area contributed by atoms with Crippen LogP contribution in [-0.4, -0.2) is 30.8 Å². The molecule has 0 rings (SSSR count). The van der Waals surface area contributed by atoms with Gasteiger partial charge in [-0.15, -0.1) is 0 Å². The Morgan fingerprint density at radius 1 is 0.806 bits per heavy atom. The highest BCUT2D eigenvalue weighted by molar-refractivity contribution is 5.80. The molecule has 0 saturated heterocycles. The second-order valence-electron chi connectivity index (χ2n) is 9.71. The number of allylic oxidation sites excluding steroid dienone is 10. The SMILES string of the molecule is CC/C=C\C/C=C\C/C=C\C/C=C\C/C=C\CCCC(=O)OCC(C)(C)[C@@H](C)C(=O)NCCC(C)=O. The van der Waals surface area contributed by atoms with Gasteiger partial charge >= 0.3 is 5.97 Å². The molecule has 0 unspecified atom stereocenters. The van der Waals surface area contributed by atoms with Crippen molar-refractivity contribution in [1.82, 2.24) is 5.32 Å². The van der Waals surface area contributed by atoms with Crippen molar-refractivity contribution in [3.05, 3.63) is 60.8 Å². The maximum absolute atomic E-state index is 12.3. The number of carbonyl (C=O) groups excluding carboxylic acids is 3. The minimum Gasteiger partial charge on any atom is -0.465 e. The van der Waals surface area contributed by atoms with Crippen molar-refractivity contribution in [3.63, 3.8) is 0 Å². The summed E-state index contributed by atoms with van der Waals surface area (Å²) in [7, 11) is 0. The number of rotatable bonds is 20. The third kappa shape index (κ3) is 19.6. The third-order valence-corrected chi connectivity index (χ3v) is 5.86. The fraction of sp³-hybridized carbons (Fsp3) is 0.581. The summed E-state index contributed by atoms with van der Waals surface area (Å²) >= 11 is 0. The fourth-order valence-electron chi connectivity index (χ4n) is 3.07. The Hall–Kier alpha value is -2.69. The lowest BCUT2D eigenvalue weighted by Gasteiger charge is -2.30. The van der Waals surface area contributed by atoms with Crippen LogP contribution in [0.2, 0.25) is 0 Å². The van der Waals surface area contributed by atoms with E-state index in [2.05, 4.69) is 73.0 Å². The van der Waals surface area contributed by atoms with E-state index in [-0.39, 0.29) is 30.2 Å². The van der Waals surface area contributed by atoms with Crippen LogP contribution in [0.3, 0.4) is 0 Å². The average molecular weight is 500 g/mol. The van der Waals surface area contributed by atoms with Gasteiger partial charge in [-0.1, -0.05) is 88.5 Å². The standard InChI is InChI=1S/C31H49NO4/c1-6-7-8-9-10-11-12-13-14-15-16-17-18-19-20-21-22-23-29(34)36-26-31(4,5)28(3)30(35)32-25-24-27(2)33/h7-8,10-11,13-14,16-17,19-20,28H,6,9,12,15,18,21-26H2,1-5H3,(H,32,35)/b8-7-,11-10-,14-13-,17-16-,20-19-/t28-/m0/s1. The molecule has 0 heterocycles. The van der Waals surface area contributed by atoms with Crippen LogP contribution < -0.4 is 5.32 Å². The minimum atomic E-state index is -0.486. The van der Waals surface area contributed by atoms with Crippen LogP contribution in [0.4, 0.5) is 0 Å². The number of hydrogen-bond donors (Lipinski definition) is 1. The molecule has 1 N–H and O–H groups in total. The Balaban J connectivity index is 3.92. The molecule has 0 spiro atoms. The first kappa shape index (κ1) is 33.3. The van der Waals surface area contributed by atoms with Gasteiger partial charge in [0.1, 0.15) is 5.78 Å². The van der Waals surface area contributed by atoms with Crippen LogP contribution >= 0.6 is 0 Å². The lowest BCUT2D eigenvalue weighted by atomic mass is 9.80. The smallest absolute Gasteiger partial charge is 0.305 e. The van der Waals surface area contributed by atoms with Crippen molar-refractivity contribution in [3.8, 4) is 0 Å². The van der Waals surface area contributed by atoms with Gasteiger partial charge in [0.25, 0.3) is 0 Å². The molecule has 1 amide bonds. The van der Waals surface area contributed by atoms with Crippen LogP contribution in [0.25, 0.3) is 0 Å². The summed E-state index contributed by atoms with van der Waals surface area (Å²) in [6.07, 6.45) is 28.8. The number of unbranched alkanes of at least 4 members (excludes halogenated alkanes) is 1. The molecule has 0 bridgehead atoms. The molecule has 5 heteroatoms. The molecule has 1 atom stereocenters. The van der Waals surface area contributed by atoms with E-state index in [1.54, 1.807) is 0 Å². The Labute approximate surface area is 219 Å². The fourth-order valence-corrected chi connectivity index (χ4v) is 3.07. The number of amides is 1. The van der Waals surface area contributed by atoms with Gasteiger partial charge in [0.15, 0.2) is 0 Å². The monoisotopic (exact) mass is 499 g/mol. The minimum absolute atomic E-state index is 0.0423. The molecule has 0 aromatic carbocycles. The van der Waals surface area contributed by atoms with Gasteiger partial charge in [-0.3, -0.25) is 14.4 Å². The summed E-state index contributed by atoms with van der Waals surface area (Å²) in [6, 6.07) is 0. The number of ether oxygens (including phenoxy) is 1. The summed E-state index contributed by atoms with van der Waals surface area (Å²) in [5, 5.41) is 2.77. The summed E-state index contributed by atoms with van der Waals surface area (Å²) in [4.78, 5) is 35.4. The Morgan fingerprint density at radius 2 is 1.31 bits per heavy atom. The Morgan fingerprint density at radius 3 is 1.81 bits per heavy atom. The Bertz CT molecular complexity index is 771. The molecular weight excluding hydrogens is 450 g/mol. The van der Waals surface area contributed by atoms with Crippen molar-refractivity contribution >= 4 is 17.7 Å². The highest BCUT2D eigenvalue weighted by Gasteiger charge is 2.32. The van der Waals surface area contributed by atoms with Crippen LogP contribution in [0.1, 0.15) is 92.4 Å². The number of esters is 1. The second kappa shape index (κ2) is 21.6. The van der Waals surface area contributed by atoms with E-state index in [0.29, 0.717) is 19.4 Å². The van der Waals surface area contributed by atoms with Gasteiger partial charge in [-0.25, -0.2) is 0 Å². The highest BCUT2D eigenvalue weighted by Crippen LogP contribution is 2.27. The molecular formula is C31H49NO4. The number of Topliss-reactive ketones (excluding diaryl/α,β-unsaturated/α-hetero) is 1. The zero-order chi connectivity index (χ0) is 27.1. The molecule has 0 aliphatic heterocycles. The molecule has 0 aromatic heterocycles. The topological polar surface area (TPSA) is 72.5 Å². The summed E-state index contributed by atoms with van der Waals surface area (Å²) in [5.74, 6) is -0.658. The van der Waals surface area contributed by atoms with E-state index in [9.17, 15) is 14.4 Å². The molecule has 0 aromatic rings. The number of hydrogen-bond acceptors (Lipinski definition) is 4. The maximum atomic E-state index is 12.3. The summed E-state index contributed by atoms with van der Waals surface area (Å²) < 4.78 is 5.43. The van der Waals surface area contributed by atoms with E-state index < -0.39 is 5.41 Å². The summed E-state index contributed by atoms with van der Waals surface area (Å²) in [6.45, 7) is 9.80. The molecule has 5 nitrogen and oxygen atoms in total. The van der Waals surface area contributed by atoms with Crippen LogP contribution in [0, 0.1) is 11.3 Å². The van der Waals surface area contributed by atoms with Crippen LogP contribution in [0.15, 0.2) is 60.8 Å². The van der Waals surface area contributed by atoms with Crippen LogP contribution in [-0.2, 0) is 19.1 Å². The first-order valence-electron chi connectivity index (χ1n) is 13.4. The van der Waals surface area contributed by atoms with Crippen molar-refractivity contribution in [1.29, 1.82) is 0 Å². The number of ketones is 1. The average Bonchev–Trinajstić information content (AvgIpc) is 2.83. The van der Waals surface area contributed by atoms with Gasteiger partial charge < -0.3 is 10.1 Å². The quantitative estimate of drug-likeness (QED) is 0.109. The lowest BCUT2D eigenvalue weighted by Crippen LogP contribution is -2.40. The molecule has 0 aliphatic carbocycles. The zero-order valence-electron chi connectivity index (χ0n) is 23.3. The van der Waals surface area contributed by atoms with E-state index in [1.165, 1.54) is 6.92 Å². The predicted molar refractivity (Wildman–Crippen MR) is 151 cm³/mol. The maximum Gasteiger partial charge on any atom is 0.305 e. The molecule has 0 fully saturated rings. The van der Waals surface area contributed by atoms with Gasteiger partial charge in [0, 0.05) is 30.7 Å². The van der Waals surface area contributed by atoms with Crippen molar-refractivity contribution in [2.24, 2.45) is 11.3 Å². The van der Waals surface area contributed by atoms with E-state index in [0.717, 1.165) is 44.9 Å². The lowest BCUT2D eigenvalue weighted by molar-refractivity contribution is -0.149. The van der Waals surface area contributed by atoms with Crippen molar-refractivity contribution < 1.29 is 19.1 Å². The van der Waals surface area contributed by atoms with Crippen molar-refractivity contribution in [2.45, 2.75) is 92.4 Å². The molecule has 0 saturated carbocycles. The van der Waals surface area contributed by atoms with Gasteiger partial charge in [-0.05, 0) is 51.9 Å². The molecule has 36 heavy (non-hydrogen) atoms. The van der Waals surface area contributed by atoms with E-state index in [1.807, 2.05) is 20.8 Å². The predicted octanol–water partition coefficient (Wildman–Crippen LogP) is 7.21. The second-order valence-corrected chi connectivity index (χ2v) is 9.71. The van der Waals surface area contributed by atoms with E-state index in [4.69, 9.17) is 4.74 Å². The largest absolute Gasteiger partial charge is 0.465 e. The van der Waals surface area contributed by atoms with Gasteiger partial charge in [0.05, 0.1) is 6.61 Å². The van der Waals surface area contributed by atoms with Gasteiger partial charge in [-0.2, -0.15) is 0 Å². The van der Waals surface area contributed by atoms with Gasteiger partial charge in [0.2, 0.25) is 5.91 Å². The molecule has 0 aliphatic rings. The molecule has 202 valence electrons. The van der Waals surface area contributed by atoms with E-state index >= 15 is 0 Å². The first-order chi connectivity index (χ1) is 17.2. The van der Waals surface area contributed by atoms with Crippen molar-refractivity contribution in [2.75, 3.05) is 13.2 Å². The zero-order valence-corrected chi connectivity index (χ0v) is 23.3. The summed E-state index contributed by atoms with van der Waals surface area (Å²) in [5.41, 5.74) is -0.486. The normalized spacial score (nSPS) is 13.5. The Kier molecular flexibility index (Phi) is 20.0. The number of carbonyl (C=O) groups is 3. The highest BCUT2D eigenvalue weighted by atomic mass is 16.5. The molecule has 0 radical (unpaired) electrons. The number of nitrogens with one attached hydrogen (secondary N) is 1. The van der Waals surface area contributed by atoms with Crippen LogP contribution in [0.5, 0.6) is 0 Å². The third-order valence-electron chi connectivity index (χ3n) is 5.86. The first-order valence-corrected chi connectivity index (χ1v) is 13.4.